The molecular formula is C24H21ClN2O. The van der Waals surface area contributed by atoms with Gasteiger partial charge >= 0.3 is 0 Å². The van der Waals surface area contributed by atoms with Gasteiger partial charge in [-0.3, -0.25) is 5.01 Å². The maximum absolute atomic E-state index is 6.63. The second-order valence-electron chi connectivity index (χ2n) is 7.32. The normalized spacial score (nSPS) is 23.0. The summed E-state index contributed by atoms with van der Waals surface area (Å²) < 4.78 is 5.56. The van der Waals surface area contributed by atoms with Gasteiger partial charge in [0.15, 0.2) is 0 Å². The van der Waals surface area contributed by atoms with Crippen molar-refractivity contribution in [3.63, 3.8) is 0 Å². The van der Waals surface area contributed by atoms with Crippen LogP contribution in [0.2, 0.25) is 5.02 Å². The van der Waals surface area contributed by atoms with E-state index in [9.17, 15) is 0 Å². The highest BCUT2D eigenvalue weighted by molar-refractivity contribution is 6.31. The van der Waals surface area contributed by atoms with Gasteiger partial charge in [-0.25, -0.2) is 0 Å². The maximum atomic E-state index is 6.63. The number of para-hydroxylation sites is 1. The van der Waals surface area contributed by atoms with Gasteiger partial charge in [0.1, 0.15) is 5.76 Å². The first-order valence-electron chi connectivity index (χ1n) is 9.73. The van der Waals surface area contributed by atoms with Crippen LogP contribution in [0.25, 0.3) is 6.08 Å². The fourth-order valence-corrected chi connectivity index (χ4v) is 4.61. The SMILES string of the molecule is Clc1ccccc1C1C2CCCC(=Cc3ccco3)C2=NN1c1ccccc1. The van der Waals surface area contributed by atoms with Crippen molar-refractivity contribution in [3.05, 3.63) is 94.9 Å². The molecule has 0 radical (unpaired) electrons. The smallest absolute Gasteiger partial charge is 0.126 e. The summed E-state index contributed by atoms with van der Waals surface area (Å²) in [5, 5.41) is 8.08. The van der Waals surface area contributed by atoms with E-state index in [-0.39, 0.29) is 6.04 Å². The van der Waals surface area contributed by atoms with E-state index in [4.69, 9.17) is 21.1 Å². The first-order valence-corrected chi connectivity index (χ1v) is 10.1. The number of furan rings is 1. The fraction of sp³-hybridized carbons (Fsp3) is 0.208. The van der Waals surface area contributed by atoms with Gasteiger partial charge in [-0.15, -0.1) is 0 Å². The second kappa shape index (κ2) is 7.33. The number of hydrogen-bond acceptors (Lipinski definition) is 3. The zero-order valence-electron chi connectivity index (χ0n) is 15.5. The first-order chi connectivity index (χ1) is 13.8. The van der Waals surface area contributed by atoms with E-state index in [2.05, 4.69) is 47.5 Å². The van der Waals surface area contributed by atoms with Gasteiger partial charge in [-0.05, 0) is 66.8 Å². The number of hydrogen-bond donors (Lipinski definition) is 0. The van der Waals surface area contributed by atoms with Crippen LogP contribution in [0, 0.1) is 5.92 Å². The highest BCUT2D eigenvalue weighted by Crippen LogP contribution is 2.47. The van der Waals surface area contributed by atoms with Crippen LogP contribution in [0.5, 0.6) is 0 Å². The Hall–Kier alpha value is -2.78. The quantitative estimate of drug-likeness (QED) is 0.497. The molecule has 0 spiro atoms. The summed E-state index contributed by atoms with van der Waals surface area (Å²) >= 11 is 6.63. The number of nitrogens with zero attached hydrogens (tertiary/aromatic N) is 2. The van der Waals surface area contributed by atoms with E-state index in [0.29, 0.717) is 5.92 Å². The topological polar surface area (TPSA) is 28.7 Å². The summed E-state index contributed by atoms with van der Waals surface area (Å²) in [5.74, 6) is 1.20. The van der Waals surface area contributed by atoms with Crippen molar-refractivity contribution in [2.45, 2.75) is 25.3 Å². The zero-order valence-corrected chi connectivity index (χ0v) is 16.2. The molecule has 1 saturated carbocycles. The Bertz CT molecular complexity index is 1020. The lowest BCUT2D eigenvalue weighted by Crippen LogP contribution is -2.28. The van der Waals surface area contributed by atoms with E-state index in [1.54, 1.807) is 6.26 Å². The Morgan fingerprint density at radius 1 is 1.00 bits per heavy atom. The summed E-state index contributed by atoms with van der Waals surface area (Å²) in [4.78, 5) is 0. The number of rotatable bonds is 3. The minimum atomic E-state index is 0.103. The number of allylic oxidation sites excluding steroid dienone is 1. The summed E-state index contributed by atoms with van der Waals surface area (Å²) in [5.41, 5.74) is 4.65. The van der Waals surface area contributed by atoms with Gasteiger partial charge in [0.25, 0.3) is 0 Å². The lowest BCUT2D eigenvalue weighted by atomic mass is 9.77. The van der Waals surface area contributed by atoms with Crippen LogP contribution in [-0.2, 0) is 0 Å². The van der Waals surface area contributed by atoms with Gasteiger partial charge in [0, 0.05) is 10.9 Å². The van der Waals surface area contributed by atoms with Crippen molar-refractivity contribution in [1.29, 1.82) is 0 Å². The molecule has 3 aromatic rings. The molecule has 2 atom stereocenters. The molecule has 140 valence electrons. The molecule has 0 amide bonds. The molecule has 0 bridgehead atoms. The first kappa shape index (κ1) is 17.3. The Labute approximate surface area is 169 Å². The van der Waals surface area contributed by atoms with Crippen LogP contribution in [-0.4, -0.2) is 5.71 Å². The molecule has 0 N–H and O–H groups in total. The summed E-state index contributed by atoms with van der Waals surface area (Å²) in [7, 11) is 0. The van der Waals surface area contributed by atoms with E-state index in [1.807, 2.05) is 30.3 Å². The van der Waals surface area contributed by atoms with E-state index >= 15 is 0 Å². The zero-order chi connectivity index (χ0) is 18.9. The molecule has 4 heteroatoms. The van der Waals surface area contributed by atoms with Crippen LogP contribution < -0.4 is 5.01 Å². The summed E-state index contributed by atoms with van der Waals surface area (Å²) in [6, 6.07) is 22.5. The molecular weight excluding hydrogens is 368 g/mol. The number of anilines is 1. The Kier molecular flexibility index (Phi) is 4.53. The molecule has 0 saturated heterocycles. The minimum absolute atomic E-state index is 0.103. The van der Waals surface area contributed by atoms with E-state index in [0.717, 1.165) is 47.0 Å². The number of halogens is 1. The highest BCUT2D eigenvalue weighted by atomic mass is 35.5. The van der Waals surface area contributed by atoms with Gasteiger partial charge in [0.05, 0.1) is 23.7 Å². The van der Waals surface area contributed by atoms with E-state index in [1.165, 1.54) is 5.57 Å². The number of hydrazone groups is 1. The Morgan fingerprint density at radius 2 is 1.82 bits per heavy atom. The number of fused-ring (bicyclic) bond motifs is 1. The lowest BCUT2D eigenvalue weighted by molar-refractivity contribution is 0.487. The average Bonchev–Trinajstić information content (AvgIpc) is 3.37. The molecule has 2 aromatic carbocycles. The van der Waals surface area contributed by atoms with Gasteiger partial charge in [-0.2, -0.15) is 5.10 Å². The molecule has 1 fully saturated rings. The predicted molar refractivity (Wildman–Crippen MR) is 115 cm³/mol. The summed E-state index contributed by atoms with van der Waals surface area (Å²) in [6.45, 7) is 0. The molecule has 2 aliphatic rings. The fourth-order valence-electron chi connectivity index (χ4n) is 4.36. The second-order valence-corrected chi connectivity index (χ2v) is 7.72. The third-order valence-corrected chi connectivity index (χ3v) is 5.95. The Morgan fingerprint density at radius 3 is 2.61 bits per heavy atom. The maximum Gasteiger partial charge on any atom is 0.126 e. The average molecular weight is 389 g/mol. The van der Waals surface area contributed by atoms with Crippen LogP contribution in [0.1, 0.15) is 36.6 Å². The largest absolute Gasteiger partial charge is 0.465 e. The van der Waals surface area contributed by atoms with Crippen molar-refractivity contribution < 1.29 is 4.42 Å². The van der Waals surface area contributed by atoms with Gasteiger partial charge < -0.3 is 4.42 Å². The van der Waals surface area contributed by atoms with Crippen molar-refractivity contribution in [3.8, 4) is 0 Å². The summed E-state index contributed by atoms with van der Waals surface area (Å²) in [6.07, 6.45) is 7.12. The monoisotopic (exact) mass is 388 g/mol. The lowest BCUT2D eigenvalue weighted by Gasteiger charge is -2.31. The van der Waals surface area contributed by atoms with Crippen molar-refractivity contribution in [1.82, 2.24) is 0 Å². The molecule has 1 aliphatic heterocycles. The molecule has 2 unspecified atom stereocenters. The standard InChI is InChI=1S/C24H21ClN2O/c25-22-14-5-4-12-20(22)24-21-13-6-8-17(16-19-11-7-15-28-19)23(21)26-27(24)18-9-2-1-3-10-18/h1-5,7,9-12,14-16,21,24H,6,8,13H2. The van der Waals surface area contributed by atoms with Crippen LogP contribution in [0.4, 0.5) is 5.69 Å². The van der Waals surface area contributed by atoms with Gasteiger partial charge in [-0.1, -0.05) is 48.0 Å². The van der Waals surface area contributed by atoms with Gasteiger partial charge in [0.2, 0.25) is 0 Å². The molecule has 1 aliphatic carbocycles. The predicted octanol–water partition coefficient (Wildman–Crippen LogP) is 6.73. The number of benzene rings is 2. The van der Waals surface area contributed by atoms with Crippen LogP contribution in [0.3, 0.4) is 0 Å². The Balaban J connectivity index is 1.62. The molecule has 3 nitrogen and oxygen atoms in total. The van der Waals surface area contributed by atoms with E-state index < -0.39 is 0 Å². The molecule has 28 heavy (non-hydrogen) atoms. The molecule has 5 rings (SSSR count). The van der Waals surface area contributed by atoms with Crippen molar-refractivity contribution >= 4 is 29.1 Å². The third kappa shape index (κ3) is 3.06. The molecule has 1 aromatic heterocycles. The van der Waals surface area contributed by atoms with Crippen molar-refractivity contribution in [2.24, 2.45) is 11.0 Å². The van der Waals surface area contributed by atoms with Crippen LogP contribution >= 0.6 is 11.6 Å². The van der Waals surface area contributed by atoms with Crippen molar-refractivity contribution in [2.75, 3.05) is 5.01 Å². The third-order valence-electron chi connectivity index (χ3n) is 5.61. The minimum Gasteiger partial charge on any atom is -0.465 e. The van der Waals surface area contributed by atoms with Crippen LogP contribution in [0.15, 0.2) is 88.1 Å². The molecule has 2 heterocycles. The highest BCUT2D eigenvalue weighted by Gasteiger charge is 2.42.